The first-order valence-corrected chi connectivity index (χ1v) is 16.2. The van der Waals surface area contributed by atoms with Crippen LogP contribution in [-0.4, -0.2) is 59.1 Å². The van der Waals surface area contributed by atoms with Crippen LogP contribution in [0.3, 0.4) is 0 Å². The molecule has 1 aromatic carbocycles. The first-order chi connectivity index (χ1) is 20.2. The molecular formula is C36H49NO6. The molecule has 1 amide bonds. The highest BCUT2D eigenvalue weighted by atomic mass is 16.7. The summed E-state index contributed by atoms with van der Waals surface area (Å²) in [6.07, 6.45) is 6.17. The van der Waals surface area contributed by atoms with Crippen molar-refractivity contribution in [2.75, 3.05) is 13.7 Å². The quantitative estimate of drug-likeness (QED) is 0.393. The molecule has 5 aliphatic rings. The van der Waals surface area contributed by atoms with Crippen LogP contribution in [-0.2, 0) is 25.4 Å². The summed E-state index contributed by atoms with van der Waals surface area (Å²) in [6.45, 7) is 12.6. The molecule has 2 fully saturated rings. The third kappa shape index (κ3) is 5.40. The van der Waals surface area contributed by atoms with Gasteiger partial charge < -0.3 is 24.2 Å². The van der Waals surface area contributed by atoms with Crippen LogP contribution in [0.2, 0.25) is 0 Å². The van der Waals surface area contributed by atoms with E-state index in [1.54, 1.807) is 11.9 Å². The minimum absolute atomic E-state index is 0.0247. The zero-order valence-corrected chi connectivity index (χ0v) is 26.9. The van der Waals surface area contributed by atoms with Crippen LogP contribution in [0, 0.1) is 29.1 Å². The first-order valence-electron chi connectivity index (χ1n) is 16.2. The van der Waals surface area contributed by atoms with Gasteiger partial charge in [-0.15, -0.1) is 0 Å². The third-order valence-electron chi connectivity index (χ3n) is 11.2. The SMILES string of the molecule is C/C1=C/C[C@H](C)C[C@@H]2[C@H]([C@@H]3C=C4COC(C)(C)O[C@H]4[C@@](O)(CC3=O)[C@H]1OC(=O)N(C)C1CCCc3ccccc31)C2(C)C. The number of carbonyl (C=O) groups is 2. The number of Topliss-reactive ketones (excluding diaryl/α,β-unsaturated/α-hetero) is 1. The number of nitrogens with zero attached hydrogens (tertiary/aromatic N) is 1. The fourth-order valence-corrected chi connectivity index (χ4v) is 8.64. The number of aliphatic hydroxyl groups is 1. The molecular weight excluding hydrogens is 542 g/mol. The van der Waals surface area contributed by atoms with Crippen LogP contribution in [0.5, 0.6) is 0 Å². The second-order valence-electron chi connectivity index (χ2n) is 15.0. The van der Waals surface area contributed by atoms with Gasteiger partial charge in [-0.05, 0) is 98.3 Å². The van der Waals surface area contributed by atoms with E-state index in [0.717, 1.165) is 48.8 Å². The number of rotatable bonds is 2. The van der Waals surface area contributed by atoms with Gasteiger partial charge in [0.05, 0.1) is 12.6 Å². The largest absolute Gasteiger partial charge is 0.438 e. The molecule has 1 heterocycles. The molecule has 4 aliphatic carbocycles. The molecule has 1 saturated carbocycles. The third-order valence-corrected chi connectivity index (χ3v) is 11.2. The van der Waals surface area contributed by atoms with Crippen LogP contribution in [0.1, 0.15) is 90.8 Å². The monoisotopic (exact) mass is 591 g/mol. The number of hydrogen-bond donors (Lipinski definition) is 1. The lowest BCUT2D eigenvalue weighted by Gasteiger charge is -2.47. The maximum atomic E-state index is 14.2. The van der Waals surface area contributed by atoms with Crippen molar-refractivity contribution in [1.29, 1.82) is 0 Å². The van der Waals surface area contributed by atoms with Crippen molar-refractivity contribution >= 4 is 11.9 Å². The standard InChI is InChI=1S/C36H49NO6/c1-21-15-16-22(2)31(42-33(39)37(7)28-14-10-12-23-11-8-9-13-25(23)28)36(40)19-29(38)26(30-27(17-21)34(30,3)4)18-24-20-41-35(5,6)43-32(24)36/h8-9,11,13,16,18,21,26-28,30-32,40H,10,12,14-15,17,19-20H2,1-7H3/b22-16-/t21-,26+,27+,28?,30-,31-,32+,36+/m0/s1. The highest BCUT2D eigenvalue weighted by molar-refractivity contribution is 5.86. The summed E-state index contributed by atoms with van der Waals surface area (Å²) >= 11 is 0. The lowest BCUT2D eigenvalue weighted by atomic mass is 9.78. The fourth-order valence-electron chi connectivity index (χ4n) is 8.64. The number of hydrogen-bond acceptors (Lipinski definition) is 6. The number of benzene rings is 1. The van der Waals surface area contributed by atoms with Gasteiger partial charge in [-0.25, -0.2) is 4.79 Å². The minimum Gasteiger partial charge on any atom is -0.438 e. The number of aryl methyl sites for hydroxylation is 1. The van der Waals surface area contributed by atoms with Crippen molar-refractivity contribution in [3.05, 3.63) is 58.7 Å². The molecule has 7 nitrogen and oxygen atoms in total. The number of fused-ring (bicyclic) bond motifs is 8. The summed E-state index contributed by atoms with van der Waals surface area (Å²) < 4.78 is 18.9. The topological polar surface area (TPSA) is 85.3 Å². The molecule has 7 heteroatoms. The molecule has 0 spiro atoms. The van der Waals surface area contributed by atoms with E-state index in [4.69, 9.17) is 14.2 Å². The predicted octanol–water partition coefficient (Wildman–Crippen LogP) is 6.55. The van der Waals surface area contributed by atoms with E-state index in [2.05, 4.69) is 39.0 Å². The Labute approximate surface area is 256 Å². The average Bonchev–Trinajstić information content (AvgIpc) is 3.52. The Bertz CT molecular complexity index is 1340. The minimum atomic E-state index is -1.79. The van der Waals surface area contributed by atoms with Gasteiger partial charge in [-0.2, -0.15) is 0 Å². The molecule has 0 aromatic heterocycles. The summed E-state index contributed by atoms with van der Waals surface area (Å²) in [6, 6.07) is 8.14. The van der Waals surface area contributed by atoms with Crippen LogP contribution in [0.25, 0.3) is 0 Å². The second-order valence-corrected chi connectivity index (χ2v) is 15.0. The molecule has 234 valence electrons. The molecule has 8 atom stereocenters. The van der Waals surface area contributed by atoms with E-state index < -0.39 is 29.7 Å². The molecule has 1 saturated heterocycles. The molecule has 0 radical (unpaired) electrons. The molecule has 1 aliphatic heterocycles. The maximum Gasteiger partial charge on any atom is 0.410 e. The average molecular weight is 592 g/mol. The number of carbonyl (C=O) groups excluding carboxylic acids is 2. The van der Waals surface area contributed by atoms with Gasteiger partial charge in [-0.3, -0.25) is 4.79 Å². The normalized spacial score (nSPS) is 39.3. The van der Waals surface area contributed by atoms with Gasteiger partial charge in [0.2, 0.25) is 0 Å². The van der Waals surface area contributed by atoms with Gasteiger partial charge in [0, 0.05) is 19.4 Å². The molecule has 43 heavy (non-hydrogen) atoms. The van der Waals surface area contributed by atoms with Crippen LogP contribution in [0.15, 0.2) is 47.6 Å². The smallest absolute Gasteiger partial charge is 0.410 e. The highest BCUT2D eigenvalue weighted by Gasteiger charge is 2.64. The van der Waals surface area contributed by atoms with Crippen LogP contribution >= 0.6 is 0 Å². The van der Waals surface area contributed by atoms with Crippen molar-refractivity contribution in [2.24, 2.45) is 29.1 Å². The van der Waals surface area contributed by atoms with Gasteiger partial charge >= 0.3 is 6.09 Å². The second kappa shape index (κ2) is 10.8. The van der Waals surface area contributed by atoms with Crippen LogP contribution < -0.4 is 0 Å². The Morgan fingerprint density at radius 3 is 2.67 bits per heavy atom. The molecule has 2 bridgehead atoms. The van der Waals surface area contributed by atoms with E-state index in [0.29, 0.717) is 11.8 Å². The summed E-state index contributed by atoms with van der Waals surface area (Å²) in [5.41, 5.74) is 2.12. The number of allylic oxidation sites excluding steroid dienone is 2. The number of ether oxygens (including phenoxy) is 3. The summed E-state index contributed by atoms with van der Waals surface area (Å²) in [5.74, 6) is -0.335. The lowest BCUT2D eigenvalue weighted by molar-refractivity contribution is -0.290. The van der Waals surface area contributed by atoms with Crippen molar-refractivity contribution in [3.8, 4) is 0 Å². The van der Waals surface area contributed by atoms with E-state index in [1.807, 2.05) is 39.0 Å². The van der Waals surface area contributed by atoms with Gasteiger partial charge in [-0.1, -0.05) is 57.2 Å². The number of ketones is 1. The number of amides is 1. The van der Waals surface area contributed by atoms with Gasteiger partial charge in [0.15, 0.2) is 11.9 Å². The summed E-state index contributed by atoms with van der Waals surface area (Å²) in [5, 5.41) is 12.8. The van der Waals surface area contributed by atoms with E-state index in [9.17, 15) is 14.7 Å². The molecule has 1 unspecified atom stereocenters. The predicted molar refractivity (Wildman–Crippen MR) is 164 cm³/mol. The van der Waals surface area contributed by atoms with E-state index in [-0.39, 0.29) is 42.1 Å². The Morgan fingerprint density at radius 1 is 1.16 bits per heavy atom. The summed E-state index contributed by atoms with van der Waals surface area (Å²) in [4.78, 5) is 29.9. The zero-order valence-electron chi connectivity index (χ0n) is 26.9. The highest BCUT2D eigenvalue weighted by Crippen LogP contribution is 2.65. The van der Waals surface area contributed by atoms with Gasteiger partial charge in [0.25, 0.3) is 0 Å². The van der Waals surface area contributed by atoms with E-state index >= 15 is 0 Å². The molecule has 1 N–H and O–H groups in total. The Kier molecular flexibility index (Phi) is 7.71. The van der Waals surface area contributed by atoms with Gasteiger partial charge in [0.1, 0.15) is 17.5 Å². The Balaban J connectivity index is 1.40. The van der Waals surface area contributed by atoms with Crippen molar-refractivity contribution in [2.45, 2.75) is 110 Å². The van der Waals surface area contributed by atoms with E-state index in [1.165, 1.54) is 5.56 Å². The molecule has 6 rings (SSSR count). The van der Waals surface area contributed by atoms with Crippen molar-refractivity contribution < 1.29 is 28.9 Å². The first kappa shape index (κ1) is 30.5. The molecule has 1 aromatic rings. The maximum absolute atomic E-state index is 14.2. The Morgan fingerprint density at radius 2 is 1.91 bits per heavy atom. The lowest BCUT2D eigenvalue weighted by Crippen LogP contribution is -2.61. The summed E-state index contributed by atoms with van der Waals surface area (Å²) in [7, 11) is 1.78. The zero-order chi connectivity index (χ0) is 30.9. The van der Waals surface area contributed by atoms with Crippen molar-refractivity contribution in [3.63, 3.8) is 0 Å². The van der Waals surface area contributed by atoms with Crippen LogP contribution in [0.4, 0.5) is 4.79 Å². The Hall–Kier alpha value is -2.48. The van der Waals surface area contributed by atoms with Crippen molar-refractivity contribution in [1.82, 2.24) is 4.90 Å². The fraction of sp³-hybridized carbons (Fsp3) is 0.667.